The average Bonchev–Trinajstić information content (AvgIpc) is 2.80. The molecule has 98 valence electrons. The Labute approximate surface area is 111 Å². The molecule has 3 N–H and O–H groups in total. The van der Waals surface area contributed by atoms with Crippen LogP contribution >= 0.6 is 12.2 Å². The van der Waals surface area contributed by atoms with Crippen molar-refractivity contribution in [3.63, 3.8) is 0 Å². The van der Waals surface area contributed by atoms with Crippen LogP contribution in [0.3, 0.4) is 0 Å². The van der Waals surface area contributed by atoms with E-state index in [1.807, 2.05) is 11.6 Å². The summed E-state index contributed by atoms with van der Waals surface area (Å²) in [4.78, 5) is 0. The molecule has 7 heteroatoms. The molecule has 0 aromatic carbocycles. The number of aryl methyl sites for hydroxylation is 3. The summed E-state index contributed by atoms with van der Waals surface area (Å²) in [5.74, 6) is 6.54. The van der Waals surface area contributed by atoms with Crippen molar-refractivity contribution in [2.75, 3.05) is 5.84 Å². The molecule has 0 atom stereocenters. The van der Waals surface area contributed by atoms with Gasteiger partial charge in [0.1, 0.15) is 0 Å². The van der Waals surface area contributed by atoms with Crippen LogP contribution in [0.25, 0.3) is 0 Å². The summed E-state index contributed by atoms with van der Waals surface area (Å²) >= 11 is 4.98. The van der Waals surface area contributed by atoms with Crippen LogP contribution in [0.1, 0.15) is 29.7 Å². The number of nitrogen functional groups attached to an aromatic ring is 1. The minimum atomic E-state index is 0.447. The van der Waals surface area contributed by atoms with Gasteiger partial charge in [-0.2, -0.15) is 10.2 Å². The van der Waals surface area contributed by atoms with Gasteiger partial charge in [-0.3, -0.25) is 9.78 Å². The van der Waals surface area contributed by atoms with Crippen LogP contribution in [0.2, 0.25) is 0 Å². The van der Waals surface area contributed by atoms with Gasteiger partial charge in [0.25, 0.3) is 0 Å². The fourth-order valence-electron chi connectivity index (χ4n) is 2.15. The van der Waals surface area contributed by atoms with Crippen LogP contribution in [-0.2, 0) is 19.4 Å². The number of H-pyrrole nitrogens is 1. The molecule has 6 nitrogen and oxygen atoms in total. The van der Waals surface area contributed by atoms with Crippen molar-refractivity contribution >= 4 is 12.2 Å². The summed E-state index contributed by atoms with van der Waals surface area (Å²) in [7, 11) is 0. The standard InChI is InChI=1S/C11H18N6S/c1-4-16-8(3)9(7(2)15-16)5-6-10-13-14-11(18)17(10)12/h4-6,12H2,1-3H3,(H,14,18). The minimum absolute atomic E-state index is 0.447. The van der Waals surface area contributed by atoms with E-state index < -0.39 is 0 Å². The molecule has 0 unspecified atom stereocenters. The highest BCUT2D eigenvalue weighted by atomic mass is 32.1. The number of aromatic nitrogens is 5. The predicted molar refractivity (Wildman–Crippen MR) is 72.3 cm³/mol. The van der Waals surface area contributed by atoms with E-state index in [0.717, 1.165) is 30.9 Å². The van der Waals surface area contributed by atoms with Gasteiger partial charge in [0.05, 0.1) is 5.69 Å². The SMILES string of the molecule is CCn1nc(C)c(CCc2n[nH]c(=S)n2N)c1C. The quantitative estimate of drug-likeness (QED) is 0.645. The third kappa shape index (κ3) is 2.17. The Bertz CT molecular complexity index is 606. The second-order valence-corrected chi connectivity index (χ2v) is 4.67. The Hall–Kier alpha value is -1.63. The lowest BCUT2D eigenvalue weighted by molar-refractivity contribution is 0.633. The van der Waals surface area contributed by atoms with Crippen molar-refractivity contribution in [1.82, 2.24) is 24.7 Å². The van der Waals surface area contributed by atoms with E-state index in [4.69, 9.17) is 18.1 Å². The second-order valence-electron chi connectivity index (χ2n) is 4.28. The number of hydrogen-bond donors (Lipinski definition) is 2. The Morgan fingerprint density at radius 1 is 1.33 bits per heavy atom. The molecule has 2 rings (SSSR count). The normalized spacial score (nSPS) is 11.1. The van der Waals surface area contributed by atoms with Crippen molar-refractivity contribution in [2.24, 2.45) is 0 Å². The van der Waals surface area contributed by atoms with Crippen molar-refractivity contribution in [1.29, 1.82) is 0 Å². The number of nitrogens with zero attached hydrogens (tertiary/aromatic N) is 4. The Morgan fingerprint density at radius 3 is 2.56 bits per heavy atom. The van der Waals surface area contributed by atoms with Gasteiger partial charge in [-0.25, -0.2) is 4.68 Å². The third-order valence-electron chi connectivity index (χ3n) is 3.21. The van der Waals surface area contributed by atoms with E-state index in [1.54, 1.807) is 0 Å². The second kappa shape index (κ2) is 4.93. The summed E-state index contributed by atoms with van der Waals surface area (Å²) in [5.41, 5.74) is 3.56. The molecular weight excluding hydrogens is 248 g/mol. The first kappa shape index (κ1) is 12.8. The first-order valence-electron chi connectivity index (χ1n) is 5.98. The molecule has 0 aliphatic rings. The molecule has 2 aromatic rings. The largest absolute Gasteiger partial charge is 0.335 e. The molecule has 0 aliphatic carbocycles. The minimum Gasteiger partial charge on any atom is -0.335 e. The molecule has 0 fully saturated rings. The van der Waals surface area contributed by atoms with Crippen LogP contribution in [-0.4, -0.2) is 24.7 Å². The third-order valence-corrected chi connectivity index (χ3v) is 3.49. The zero-order valence-electron chi connectivity index (χ0n) is 10.9. The highest BCUT2D eigenvalue weighted by Crippen LogP contribution is 2.15. The van der Waals surface area contributed by atoms with Gasteiger partial charge in [-0.15, -0.1) is 0 Å². The molecule has 2 aromatic heterocycles. The molecule has 2 heterocycles. The van der Waals surface area contributed by atoms with Gasteiger partial charge in [-0.05, 0) is 45.0 Å². The highest BCUT2D eigenvalue weighted by molar-refractivity contribution is 7.71. The average molecular weight is 266 g/mol. The smallest absolute Gasteiger partial charge is 0.214 e. The van der Waals surface area contributed by atoms with Crippen LogP contribution in [0.5, 0.6) is 0 Å². The molecule has 0 saturated carbocycles. The van der Waals surface area contributed by atoms with Crippen LogP contribution in [0.4, 0.5) is 0 Å². The van der Waals surface area contributed by atoms with Crippen molar-refractivity contribution in [2.45, 2.75) is 40.2 Å². The molecular formula is C11H18N6S. The van der Waals surface area contributed by atoms with Crippen molar-refractivity contribution in [3.05, 3.63) is 27.5 Å². The van der Waals surface area contributed by atoms with Gasteiger partial charge < -0.3 is 5.84 Å². The van der Waals surface area contributed by atoms with Gasteiger partial charge in [-0.1, -0.05) is 0 Å². The predicted octanol–water partition coefficient (Wildman–Crippen LogP) is 1.27. The van der Waals surface area contributed by atoms with Gasteiger partial charge in [0.2, 0.25) is 4.77 Å². The monoisotopic (exact) mass is 266 g/mol. The van der Waals surface area contributed by atoms with Crippen LogP contribution < -0.4 is 5.84 Å². The van der Waals surface area contributed by atoms with Gasteiger partial charge >= 0.3 is 0 Å². The van der Waals surface area contributed by atoms with E-state index in [0.29, 0.717) is 4.77 Å². The van der Waals surface area contributed by atoms with E-state index in [-0.39, 0.29) is 0 Å². The maximum atomic E-state index is 5.77. The molecule has 0 bridgehead atoms. The topological polar surface area (TPSA) is 77.5 Å². The van der Waals surface area contributed by atoms with E-state index in [1.165, 1.54) is 15.9 Å². The Balaban J connectivity index is 2.18. The number of nitrogens with two attached hydrogens (primary N) is 1. The molecule has 0 saturated heterocycles. The van der Waals surface area contributed by atoms with Gasteiger partial charge in [0.15, 0.2) is 5.82 Å². The fraction of sp³-hybridized carbons (Fsp3) is 0.545. The first-order chi connectivity index (χ1) is 8.54. The first-order valence-corrected chi connectivity index (χ1v) is 6.39. The fourth-order valence-corrected chi connectivity index (χ4v) is 2.31. The number of rotatable bonds is 4. The molecule has 0 radical (unpaired) electrons. The van der Waals surface area contributed by atoms with Crippen molar-refractivity contribution in [3.8, 4) is 0 Å². The van der Waals surface area contributed by atoms with E-state index in [2.05, 4.69) is 29.1 Å². The summed E-state index contributed by atoms with van der Waals surface area (Å²) in [5, 5.41) is 11.3. The maximum absolute atomic E-state index is 5.77. The van der Waals surface area contributed by atoms with Crippen LogP contribution in [0, 0.1) is 18.6 Å². The number of aromatic amines is 1. The number of nitrogens with one attached hydrogen (secondary N) is 1. The lowest BCUT2D eigenvalue weighted by Gasteiger charge is -2.03. The molecule has 0 aliphatic heterocycles. The summed E-state index contributed by atoms with van der Waals surface area (Å²) < 4.78 is 3.89. The molecule has 0 spiro atoms. The van der Waals surface area contributed by atoms with E-state index in [9.17, 15) is 0 Å². The zero-order chi connectivity index (χ0) is 13.3. The summed E-state index contributed by atoms with van der Waals surface area (Å²) in [6, 6.07) is 0. The molecule has 18 heavy (non-hydrogen) atoms. The van der Waals surface area contributed by atoms with Crippen molar-refractivity contribution < 1.29 is 0 Å². The summed E-state index contributed by atoms with van der Waals surface area (Å²) in [6.07, 6.45) is 1.62. The Morgan fingerprint density at radius 2 is 2.06 bits per heavy atom. The summed E-state index contributed by atoms with van der Waals surface area (Å²) in [6.45, 7) is 7.11. The molecule has 0 amide bonds. The zero-order valence-corrected chi connectivity index (χ0v) is 11.7. The lowest BCUT2D eigenvalue weighted by atomic mass is 10.1. The lowest BCUT2D eigenvalue weighted by Crippen LogP contribution is -2.13. The number of hydrogen-bond acceptors (Lipinski definition) is 4. The highest BCUT2D eigenvalue weighted by Gasteiger charge is 2.12. The maximum Gasteiger partial charge on any atom is 0.214 e. The Kier molecular flexibility index (Phi) is 3.51. The van der Waals surface area contributed by atoms with Gasteiger partial charge in [0, 0.05) is 18.7 Å². The van der Waals surface area contributed by atoms with E-state index >= 15 is 0 Å². The van der Waals surface area contributed by atoms with Crippen LogP contribution in [0.15, 0.2) is 0 Å².